The van der Waals surface area contributed by atoms with E-state index in [1.54, 1.807) is 19.1 Å². The van der Waals surface area contributed by atoms with Gasteiger partial charge in [-0.2, -0.15) is 0 Å². The molecule has 3 nitrogen and oxygen atoms in total. The van der Waals surface area contributed by atoms with Crippen LogP contribution < -0.4 is 10.6 Å². The van der Waals surface area contributed by atoms with Crippen molar-refractivity contribution in [1.29, 1.82) is 0 Å². The molecule has 0 heterocycles. The Labute approximate surface area is 132 Å². The zero-order valence-corrected chi connectivity index (χ0v) is 12.7. The predicted molar refractivity (Wildman–Crippen MR) is 84.6 cm³/mol. The quantitative estimate of drug-likeness (QED) is 0.850. The number of carbonyl (C=O) groups excluding carboxylic acids is 1. The van der Waals surface area contributed by atoms with Gasteiger partial charge in [-0.15, -0.1) is 0 Å². The van der Waals surface area contributed by atoms with Crippen molar-refractivity contribution in [2.45, 2.75) is 6.92 Å². The molecule has 0 aromatic heterocycles. The van der Waals surface area contributed by atoms with Crippen molar-refractivity contribution in [3.05, 3.63) is 57.8 Å². The number of hydrogen-bond acceptors (Lipinski definition) is 2. The Morgan fingerprint density at radius 1 is 1.29 bits per heavy atom. The van der Waals surface area contributed by atoms with Gasteiger partial charge >= 0.3 is 0 Å². The Morgan fingerprint density at radius 3 is 2.52 bits per heavy atom. The van der Waals surface area contributed by atoms with Crippen LogP contribution in [-0.2, 0) is 0 Å². The summed E-state index contributed by atoms with van der Waals surface area (Å²) in [4.78, 5) is 13.9. The molecule has 0 saturated heterocycles. The number of halogens is 3. The summed E-state index contributed by atoms with van der Waals surface area (Å²) in [6.45, 7) is 2.06. The van der Waals surface area contributed by atoms with Gasteiger partial charge in [-0.25, -0.2) is 4.39 Å². The highest BCUT2D eigenvalue weighted by Crippen LogP contribution is 2.30. The van der Waals surface area contributed by atoms with E-state index in [2.05, 4.69) is 0 Å². The van der Waals surface area contributed by atoms with Crippen molar-refractivity contribution in [2.75, 3.05) is 17.2 Å². The lowest BCUT2D eigenvalue weighted by Gasteiger charge is -2.22. The Morgan fingerprint density at radius 2 is 1.95 bits per heavy atom. The molecule has 110 valence electrons. The maximum atomic E-state index is 13.9. The van der Waals surface area contributed by atoms with Gasteiger partial charge in [-0.3, -0.25) is 4.79 Å². The first-order valence-electron chi connectivity index (χ1n) is 6.26. The van der Waals surface area contributed by atoms with Crippen molar-refractivity contribution in [1.82, 2.24) is 0 Å². The van der Waals surface area contributed by atoms with Gasteiger partial charge in [-0.05, 0) is 31.2 Å². The molecule has 0 aliphatic heterocycles. The van der Waals surface area contributed by atoms with E-state index in [0.717, 1.165) is 0 Å². The third-order valence-electron chi connectivity index (χ3n) is 3.01. The largest absolute Gasteiger partial charge is 0.397 e. The molecule has 2 aromatic rings. The molecule has 1 amide bonds. The summed E-state index contributed by atoms with van der Waals surface area (Å²) < 4.78 is 13.9. The lowest BCUT2D eigenvalue weighted by atomic mass is 10.1. The molecule has 0 radical (unpaired) electrons. The maximum Gasteiger partial charge on any atom is 0.258 e. The Balaban J connectivity index is 2.44. The summed E-state index contributed by atoms with van der Waals surface area (Å²) in [5, 5.41) is 0.381. The lowest BCUT2D eigenvalue weighted by molar-refractivity contribution is 0.0987. The molecular weight excluding hydrogens is 314 g/mol. The third kappa shape index (κ3) is 3.12. The topological polar surface area (TPSA) is 46.3 Å². The van der Waals surface area contributed by atoms with E-state index in [4.69, 9.17) is 28.9 Å². The molecule has 6 heteroatoms. The number of carbonyl (C=O) groups is 1. The van der Waals surface area contributed by atoms with Gasteiger partial charge in [-0.1, -0.05) is 35.3 Å². The van der Waals surface area contributed by atoms with Gasteiger partial charge in [0.2, 0.25) is 0 Å². The van der Waals surface area contributed by atoms with Crippen molar-refractivity contribution in [3.8, 4) is 0 Å². The van der Waals surface area contributed by atoms with Crippen LogP contribution in [0.25, 0.3) is 0 Å². The van der Waals surface area contributed by atoms with Gasteiger partial charge in [0, 0.05) is 12.1 Å². The number of para-hydroxylation sites is 1. The minimum atomic E-state index is -0.472. The Bertz CT molecular complexity index is 668. The molecule has 0 atom stereocenters. The van der Waals surface area contributed by atoms with E-state index in [-0.39, 0.29) is 27.0 Å². The molecule has 21 heavy (non-hydrogen) atoms. The Hall–Kier alpha value is -1.78. The van der Waals surface area contributed by atoms with Crippen LogP contribution >= 0.6 is 23.2 Å². The van der Waals surface area contributed by atoms with Crippen LogP contribution in [0.1, 0.15) is 17.3 Å². The normalized spacial score (nSPS) is 10.5. The van der Waals surface area contributed by atoms with E-state index in [1.807, 2.05) is 0 Å². The van der Waals surface area contributed by atoms with Crippen molar-refractivity contribution in [2.24, 2.45) is 0 Å². The SMILES string of the molecule is CCN(C(=O)c1cc(N)c(Cl)c(Cl)c1)c1ccccc1F. The number of nitrogens with zero attached hydrogens (tertiary/aromatic N) is 1. The van der Waals surface area contributed by atoms with E-state index in [9.17, 15) is 9.18 Å². The summed E-state index contributed by atoms with van der Waals surface area (Å²) in [5.41, 5.74) is 6.37. The highest BCUT2D eigenvalue weighted by atomic mass is 35.5. The summed E-state index contributed by atoms with van der Waals surface area (Å²) in [6, 6.07) is 8.92. The van der Waals surface area contributed by atoms with Crippen molar-refractivity contribution in [3.63, 3.8) is 0 Å². The second kappa shape index (κ2) is 6.33. The lowest BCUT2D eigenvalue weighted by Crippen LogP contribution is -2.31. The zero-order valence-electron chi connectivity index (χ0n) is 11.2. The number of hydrogen-bond donors (Lipinski definition) is 1. The summed E-state index contributed by atoms with van der Waals surface area (Å²) in [5.74, 6) is -0.867. The smallest absolute Gasteiger partial charge is 0.258 e. The molecule has 2 rings (SSSR count). The number of nitrogen functional groups attached to an aromatic ring is 1. The monoisotopic (exact) mass is 326 g/mol. The highest BCUT2D eigenvalue weighted by molar-refractivity contribution is 6.44. The number of nitrogens with two attached hydrogens (primary N) is 1. The molecule has 0 aliphatic carbocycles. The number of amides is 1. The zero-order chi connectivity index (χ0) is 15.6. The number of rotatable bonds is 3. The molecule has 2 aromatic carbocycles. The number of benzene rings is 2. The van der Waals surface area contributed by atoms with E-state index < -0.39 is 11.7 Å². The van der Waals surface area contributed by atoms with Gasteiger partial charge in [0.15, 0.2) is 0 Å². The first kappa shape index (κ1) is 15.6. The summed E-state index contributed by atoms with van der Waals surface area (Å²) in [6.07, 6.45) is 0. The molecule has 0 aliphatic rings. The van der Waals surface area contributed by atoms with Crippen LogP contribution in [0.4, 0.5) is 15.8 Å². The van der Waals surface area contributed by atoms with E-state index in [1.165, 1.54) is 29.2 Å². The number of anilines is 2. The average Bonchev–Trinajstić information content (AvgIpc) is 2.46. The fraction of sp³-hybridized carbons (Fsp3) is 0.133. The van der Waals surface area contributed by atoms with Crippen molar-refractivity contribution >= 4 is 40.5 Å². The minimum absolute atomic E-state index is 0.185. The van der Waals surface area contributed by atoms with Gasteiger partial charge < -0.3 is 10.6 Å². The predicted octanol–water partition coefficient (Wildman–Crippen LogP) is 4.38. The van der Waals surface area contributed by atoms with Crippen LogP contribution in [0.15, 0.2) is 36.4 Å². The van der Waals surface area contributed by atoms with Gasteiger partial charge in [0.1, 0.15) is 5.82 Å². The molecular formula is C15H13Cl2FN2O. The van der Waals surface area contributed by atoms with Crippen molar-refractivity contribution < 1.29 is 9.18 Å². The summed E-state index contributed by atoms with van der Waals surface area (Å²) in [7, 11) is 0. The molecule has 0 unspecified atom stereocenters. The van der Waals surface area contributed by atoms with Crippen LogP contribution in [-0.4, -0.2) is 12.5 Å². The maximum absolute atomic E-state index is 13.9. The van der Waals surface area contributed by atoms with Crippen LogP contribution in [0.3, 0.4) is 0 Å². The summed E-state index contributed by atoms with van der Waals surface area (Å²) >= 11 is 11.8. The van der Waals surface area contributed by atoms with Crippen LogP contribution in [0, 0.1) is 5.82 Å². The molecule has 2 N–H and O–H groups in total. The van der Waals surface area contributed by atoms with Gasteiger partial charge in [0.25, 0.3) is 5.91 Å². The standard InChI is InChI=1S/C15H13Cl2FN2O/c1-2-20(13-6-4-3-5-11(13)18)15(21)9-7-10(16)14(17)12(19)8-9/h3-8H,2,19H2,1H3. The average molecular weight is 327 g/mol. The fourth-order valence-electron chi connectivity index (χ4n) is 1.98. The second-order valence-electron chi connectivity index (χ2n) is 4.36. The second-order valence-corrected chi connectivity index (χ2v) is 5.15. The first-order chi connectivity index (χ1) is 9.95. The fourth-order valence-corrected chi connectivity index (χ4v) is 2.32. The van der Waals surface area contributed by atoms with E-state index >= 15 is 0 Å². The third-order valence-corrected chi connectivity index (χ3v) is 3.82. The molecule has 0 saturated carbocycles. The van der Waals surface area contributed by atoms with Gasteiger partial charge in [0.05, 0.1) is 21.4 Å². The molecule has 0 fully saturated rings. The van der Waals surface area contributed by atoms with E-state index in [0.29, 0.717) is 6.54 Å². The molecule has 0 bridgehead atoms. The minimum Gasteiger partial charge on any atom is -0.397 e. The highest BCUT2D eigenvalue weighted by Gasteiger charge is 2.20. The molecule has 0 spiro atoms. The van der Waals surface area contributed by atoms with Crippen LogP contribution in [0.2, 0.25) is 10.0 Å². The first-order valence-corrected chi connectivity index (χ1v) is 7.02. The Kier molecular flexibility index (Phi) is 4.70. The van der Waals surface area contributed by atoms with Crippen LogP contribution in [0.5, 0.6) is 0 Å².